The third-order valence-corrected chi connectivity index (χ3v) is 6.28. The van der Waals surface area contributed by atoms with E-state index in [0.29, 0.717) is 17.8 Å². The number of benzene rings is 1. The van der Waals surface area contributed by atoms with Gasteiger partial charge in [-0.3, -0.25) is 0 Å². The minimum absolute atomic E-state index is 0.118. The third-order valence-electron chi connectivity index (χ3n) is 3.64. The van der Waals surface area contributed by atoms with Gasteiger partial charge >= 0.3 is 0 Å². The molecule has 1 fully saturated rings. The summed E-state index contributed by atoms with van der Waals surface area (Å²) in [6.07, 6.45) is 1.40. The second kappa shape index (κ2) is 5.20. The van der Waals surface area contributed by atoms with Crippen LogP contribution in [0.3, 0.4) is 0 Å². The summed E-state index contributed by atoms with van der Waals surface area (Å²) in [6.45, 7) is 0. The van der Waals surface area contributed by atoms with E-state index in [1.54, 1.807) is 11.6 Å². The van der Waals surface area contributed by atoms with Crippen LogP contribution in [0.2, 0.25) is 0 Å². The SMILES string of the molecule is COc1cccc(-c2csc3nc(NS(=O)(=O)C4CC4)nn23)c1. The van der Waals surface area contributed by atoms with E-state index >= 15 is 0 Å². The Labute approximate surface area is 137 Å². The first-order valence-electron chi connectivity index (χ1n) is 7.07. The normalized spacial score (nSPS) is 15.0. The van der Waals surface area contributed by atoms with Crippen LogP contribution in [-0.4, -0.2) is 35.4 Å². The van der Waals surface area contributed by atoms with E-state index in [-0.39, 0.29) is 11.2 Å². The van der Waals surface area contributed by atoms with Crippen LogP contribution < -0.4 is 9.46 Å². The summed E-state index contributed by atoms with van der Waals surface area (Å²) in [6, 6.07) is 7.60. The Bertz CT molecular complexity index is 973. The lowest BCUT2D eigenvalue weighted by molar-refractivity contribution is 0.415. The number of hydrogen-bond donors (Lipinski definition) is 1. The minimum atomic E-state index is -3.36. The van der Waals surface area contributed by atoms with E-state index in [9.17, 15) is 8.42 Å². The predicted octanol–water partition coefficient (Wildman–Crippen LogP) is 2.37. The summed E-state index contributed by atoms with van der Waals surface area (Å²) in [5, 5.41) is 5.91. The van der Waals surface area contributed by atoms with Gasteiger partial charge in [0.25, 0.3) is 5.95 Å². The van der Waals surface area contributed by atoms with Crippen molar-refractivity contribution in [2.24, 2.45) is 0 Å². The molecule has 0 bridgehead atoms. The van der Waals surface area contributed by atoms with Crippen molar-refractivity contribution in [2.45, 2.75) is 18.1 Å². The van der Waals surface area contributed by atoms with Gasteiger partial charge in [-0.25, -0.2) is 17.7 Å². The summed E-state index contributed by atoms with van der Waals surface area (Å²) in [7, 11) is -1.74. The molecule has 7 nitrogen and oxygen atoms in total. The van der Waals surface area contributed by atoms with Gasteiger partial charge in [0, 0.05) is 10.9 Å². The van der Waals surface area contributed by atoms with E-state index in [4.69, 9.17) is 4.74 Å². The molecule has 1 aromatic carbocycles. The average Bonchev–Trinajstić information content (AvgIpc) is 3.23. The Morgan fingerprint density at radius 1 is 1.39 bits per heavy atom. The van der Waals surface area contributed by atoms with Gasteiger partial charge in [0.2, 0.25) is 15.0 Å². The highest BCUT2D eigenvalue weighted by atomic mass is 32.2. The molecule has 1 N–H and O–H groups in total. The lowest BCUT2D eigenvalue weighted by Crippen LogP contribution is -2.18. The molecule has 0 saturated heterocycles. The monoisotopic (exact) mass is 350 g/mol. The Hall–Kier alpha value is -2.13. The van der Waals surface area contributed by atoms with Crippen molar-refractivity contribution in [1.29, 1.82) is 0 Å². The van der Waals surface area contributed by atoms with Crippen molar-refractivity contribution < 1.29 is 13.2 Å². The fourth-order valence-electron chi connectivity index (χ4n) is 2.29. The van der Waals surface area contributed by atoms with Crippen LogP contribution in [0.1, 0.15) is 12.8 Å². The van der Waals surface area contributed by atoms with Crippen molar-refractivity contribution in [1.82, 2.24) is 14.6 Å². The van der Waals surface area contributed by atoms with E-state index in [0.717, 1.165) is 17.0 Å². The fourth-order valence-corrected chi connectivity index (χ4v) is 4.39. The topological polar surface area (TPSA) is 85.6 Å². The van der Waals surface area contributed by atoms with E-state index in [1.165, 1.54) is 11.3 Å². The summed E-state index contributed by atoms with van der Waals surface area (Å²) >= 11 is 1.41. The second-order valence-corrected chi connectivity index (χ2v) is 8.13. The van der Waals surface area contributed by atoms with Gasteiger partial charge < -0.3 is 4.74 Å². The average molecular weight is 350 g/mol. The minimum Gasteiger partial charge on any atom is -0.497 e. The van der Waals surface area contributed by atoms with Gasteiger partial charge in [-0.1, -0.05) is 12.1 Å². The molecule has 0 radical (unpaired) electrons. The summed E-state index contributed by atoms with van der Waals surface area (Å²) < 4.78 is 33.3. The summed E-state index contributed by atoms with van der Waals surface area (Å²) in [5.74, 6) is 0.865. The Balaban J connectivity index is 1.71. The molecule has 0 aliphatic heterocycles. The van der Waals surface area contributed by atoms with Gasteiger partial charge in [0.15, 0.2) is 0 Å². The maximum absolute atomic E-state index is 12.0. The molecule has 120 valence electrons. The van der Waals surface area contributed by atoms with Crippen LogP contribution in [-0.2, 0) is 10.0 Å². The Kier molecular flexibility index (Phi) is 3.27. The van der Waals surface area contributed by atoms with Crippen LogP contribution in [0.5, 0.6) is 5.75 Å². The van der Waals surface area contributed by atoms with Crippen LogP contribution in [0.25, 0.3) is 16.2 Å². The van der Waals surface area contributed by atoms with Crippen molar-refractivity contribution >= 4 is 32.3 Å². The number of aromatic nitrogens is 3. The summed E-state index contributed by atoms with van der Waals surface area (Å²) in [4.78, 5) is 4.88. The number of ether oxygens (including phenoxy) is 1. The highest BCUT2D eigenvalue weighted by Gasteiger charge is 2.36. The van der Waals surface area contributed by atoms with Gasteiger partial charge in [-0.2, -0.15) is 4.98 Å². The van der Waals surface area contributed by atoms with Crippen LogP contribution in [0.4, 0.5) is 5.95 Å². The highest BCUT2D eigenvalue weighted by Crippen LogP contribution is 2.31. The molecule has 4 rings (SSSR count). The molecular formula is C14H14N4O3S2. The molecule has 3 aromatic rings. The molecule has 1 saturated carbocycles. The maximum atomic E-state index is 12.0. The molecule has 0 unspecified atom stereocenters. The number of fused-ring (bicyclic) bond motifs is 1. The molecule has 0 spiro atoms. The van der Waals surface area contributed by atoms with Crippen molar-refractivity contribution in [3.8, 4) is 17.0 Å². The Morgan fingerprint density at radius 2 is 2.22 bits per heavy atom. The zero-order valence-corrected chi connectivity index (χ0v) is 13.9. The zero-order valence-electron chi connectivity index (χ0n) is 12.3. The molecule has 0 amide bonds. The molecule has 0 atom stereocenters. The number of nitrogens with zero attached hydrogens (tertiary/aromatic N) is 3. The van der Waals surface area contributed by atoms with Crippen molar-refractivity contribution in [3.63, 3.8) is 0 Å². The first-order chi connectivity index (χ1) is 11.1. The van der Waals surface area contributed by atoms with Gasteiger partial charge in [-0.05, 0) is 25.0 Å². The number of methoxy groups -OCH3 is 1. The molecular weight excluding hydrogens is 336 g/mol. The largest absolute Gasteiger partial charge is 0.497 e. The predicted molar refractivity (Wildman–Crippen MR) is 88.4 cm³/mol. The number of rotatable bonds is 5. The fraction of sp³-hybridized carbons (Fsp3) is 0.286. The summed E-state index contributed by atoms with van der Waals surface area (Å²) in [5.41, 5.74) is 1.77. The van der Waals surface area contributed by atoms with Gasteiger partial charge in [0.05, 0.1) is 18.1 Å². The van der Waals surface area contributed by atoms with Crippen LogP contribution in [0, 0.1) is 0 Å². The first kappa shape index (κ1) is 14.5. The number of hydrogen-bond acceptors (Lipinski definition) is 6. The number of nitrogens with one attached hydrogen (secondary N) is 1. The van der Waals surface area contributed by atoms with Gasteiger partial charge in [0.1, 0.15) is 5.75 Å². The molecule has 23 heavy (non-hydrogen) atoms. The molecule has 1 aliphatic rings. The Morgan fingerprint density at radius 3 is 2.96 bits per heavy atom. The lowest BCUT2D eigenvalue weighted by atomic mass is 10.2. The highest BCUT2D eigenvalue weighted by molar-refractivity contribution is 7.93. The van der Waals surface area contributed by atoms with Crippen molar-refractivity contribution in [3.05, 3.63) is 29.6 Å². The quantitative estimate of drug-likeness (QED) is 0.763. The van der Waals surface area contributed by atoms with Crippen LogP contribution >= 0.6 is 11.3 Å². The molecule has 9 heteroatoms. The molecule has 2 aromatic heterocycles. The van der Waals surface area contributed by atoms with E-state index in [2.05, 4.69) is 14.8 Å². The second-order valence-electron chi connectivity index (χ2n) is 5.33. The van der Waals surface area contributed by atoms with Crippen molar-refractivity contribution in [2.75, 3.05) is 11.8 Å². The van der Waals surface area contributed by atoms with E-state index in [1.807, 2.05) is 29.6 Å². The zero-order chi connectivity index (χ0) is 16.0. The molecule has 1 aliphatic carbocycles. The maximum Gasteiger partial charge on any atom is 0.257 e. The number of sulfonamides is 1. The third kappa shape index (κ3) is 2.66. The number of thiazole rings is 1. The lowest BCUT2D eigenvalue weighted by Gasteiger charge is -2.03. The number of anilines is 1. The molecule has 2 heterocycles. The standard InChI is InChI=1S/C14H14N4O3S2/c1-21-10-4-2-3-9(7-10)12-8-22-14-15-13(16-18(12)14)17-23(19,20)11-5-6-11/h2-4,7-8,11H,5-6H2,1H3,(H,16,17). The van der Waals surface area contributed by atoms with Gasteiger partial charge in [-0.15, -0.1) is 16.4 Å². The smallest absolute Gasteiger partial charge is 0.257 e. The first-order valence-corrected chi connectivity index (χ1v) is 9.50. The van der Waals surface area contributed by atoms with E-state index < -0.39 is 10.0 Å². The van der Waals surface area contributed by atoms with Crippen LogP contribution in [0.15, 0.2) is 29.6 Å².